The Hall–Kier alpha value is -2.34. The number of benzene rings is 2. The fourth-order valence-electron chi connectivity index (χ4n) is 3.14. The van der Waals surface area contributed by atoms with E-state index in [4.69, 9.17) is 4.74 Å². The summed E-state index contributed by atoms with van der Waals surface area (Å²) in [6, 6.07) is 12.5. The average Bonchev–Trinajstić information content (AvgIpc) is 2.66. The molecule has 1 unspecified atom stereocenters. The van der Waals surface area contributed by atoms with Crippen LogP contribution in [-0.4, -0.2) is 30.0 Å². The van der Waals surface area contributed by atoms with Gasteiger partial charge >= 0.3 is 6.18 Å². The first-order valence-electron chi connectivity index (χ1n) is 8.96. The number of piperidine rings is 1. The quantitative estimate of drug-likeness (QED) is 0.763. The summed E-state index contributed by atoms with van der Waals surface area (Å²) in [5.74, 6) is -0.0159. The number of nitrogens with zero attached hydrogens (tertiary/aromatic N) is 1. The van der Waals surface area contributed by atoms with Crippen molar-refractivity contribution in [1.29, 1.82) is 0 Å². The minimum atomic E-state index is -4.33. The lowest BCUT2D eigenvalue weighted by molar-refractivity contribution is -0.137. The van der Waals surface area contributed by atoms with Crippen LogP contribution in [0.2, 0.25) is 0 Å². The van der Waals surface area contributed by atoms with Gasteiger partial charge in [-0.15, -0.1) is 0 Å². The van der Waals surface area contributed by atoms with Gasteiger partial charge in [0, 0.05) is 18.7 Å². The number of halogens is 3. The molecule has 0 radical (unpaired) electrons. The normalized spacial score (nSPS) is 17.8. The van der Waals surface area contributed by atoms with Crippen molar-refractivity contribution < 1.29 is 22.7 Å². The summed E-state index contributed by atoms with van der Waals surface area (Å²) < 4.78 is 43.7. The molecule has 144 valence electrons. The van der Waals surface area contributed by atoms with Gasteiger partial charge in [-0.1, -0.05) is 29.8 Å². The lowest BCUT2D eigenvalue weighted by atomic mass is 10.1. The summed E-state index contributed by atoms with van der Waals surface area (Å²) in [6.45, 7) is 3.38. The number of amides is 1. The highest BCUT2D eigenvalue weighted by Crippen LogP contribution is 2.29. The molecule has 0 aliphatic carbocycles. The molecule has 1 fully saturated rings. The highest BCUT2D eigenvalue weighted by Gasteiger charge is 2.30. The van der Waals surface area contributed by atoms with Crippen LogP contribution in [0.15, 0.2) is 48.5 Å². The predicted octanol–water partition coefficient (Wildman–Crippen LogP) is 4.84. The Labute approximate surface area is 156 Å². The van der Waals surface area contributed by atoms with Crippen molar-refractivity contribution in [2.24, 2.45) is 0 Å². The van der Waals surface area contributed by atoms with Gasteiger partial charge < -0.3 is 9.64 Å². The highest BCUT2D eigenvalue weighted by molar-refractivity contribution is 5.94. The minimum Gasteiger partial charge on any atom is -0.372 e. The second-order valence-corrected chi connectivity index (χ2v) is 6.89. The van der Waals surface area contributed by atoms with Crippen LogP contribution in [0.25, 0.3) is 0 Å². The number of hydrogen-bond acceptors (Lipinski definition) is 2. The topological polar surface area (TPSA) is 29.5 Å². The predicted molar refractivity (Wildman–Crippen MR) is 96.3 cm³/mol. The molecule has 1 atom stereocenters. The number of aryl methyl sites for hydroxylation is 1. The van der Waals surface area contributed by atoms with Crippen molar-refractivity contribution >= 4 is 5.91 Å². The Morgan fingerprint density at radius 1 is 1.11 bits per heavy atom. The minimum absolute atomic E-state index is 0.0159. The van der Waals surface area contributed by atoms with Crippen molar-refractivity contribution in [1.82, 2.24) is 4.90 Å². The zero-order valence-corrected chi connectivity index (χ0v) is 15.1. The first-order chi connectivity index (χ1) is 12.8. The number of carbonyl (C=O) groups excluding carboxylic acids is 1. The summed E-state index contributed by atoms with van der Waals surface area (Å²) in [4.78, 5) is 14.4. The second-order valence-electron chi connectivity index (χ2n) is 6.89. The molecular weight excluding hydrogens is 355 g/mol. The van der Waals surface area contributed by atoms with Crippen LogP contribution in [0.4, 0.5) is 13.2 Å². The zero-order chi connectivity index (χ0) is 19.4. The third-order valence-corrected chi connectivity index (χ3v) is 4.73. The van der Waals surface area contributed by atoms with E-state index in [2.05, 4.69) is 0 Å². The standard InChI is InChI=1S/C21H22F3NO2/c1-15-4-8-17(9-5-15)20(26)25-12-2-3-19(13-25)27-14-16-6-10-18(11-7-16)21(22,23)24/h4-11,19H,2-3,12-14H2,1H3. The molecule has 0 N–H and O–H groups in total. The van der Waals surface area contributed by atoms with E-state index in [0.717, 1.165) is 30.5 Å². The number of hydrogen-bond donors (Lipinski definition) is 0. The lowest BCUT2D eigenvalue weighted by Crippen LogP contribution is -2.43. The van der Waals surface area contributed by atoms with Gasteiger partial charge in [0.15, 0.2) is 0 Å². The molecule has 2 aromatic carbocycles. The maximum Gasteiger partial charge on any atom is 0.416 e. The summed E-state index contributed by atoms with van der Waals surface area (Å²) >= 11 is 0. The molecule has 0 aromatic heterocycles. The number of carbonyl (C=O) groups is 1. The molecular formula is C21H22F3NO2. The van der Waals surface area contributed by atoms with E-state index in [0.29, 0.717) is 24.2 Å². The van der Waals surface area contributed by atoms with Gasteiger partial charge in [-0.25, -0.2) is 0 Å². The number of ether oxygens (including phenoxy) is 1. The largest absolute Gasteiger partial charge is 0.416 e. The van der Waals surface area contributed by atoms with Crippen molar-refractivity contribution in [2.45, 2.75) is 38.7 Å². The van der Waals surface area contributed by atoms with Crippen molar-refractivity contribution in [3.63, 3.8) is 0 Å². The SMILES string of the molecule is Cc1ccc(C(=O)N2CCCC(OCc3ccc(C(F)(F)F)cc3)C2)cc1. The van der Waals surface area contributed by atoms with Gasteiger partial charge in [-0.3, -0.25) is 4.79 Å². The molecule has 1 heterocycles. The molecule has 27 heavy (non-hydrogen) atoms. The zero-order valence-electron chi connectivity index (χ0n) is 15.1. The number of alkyl halides is 3. The lowest BCUT2D eigenvalue weighted by Gasteiger charge is -2.32. The first kappa shape index (κ1) is 19.4. The monoisotopic (exact) mass is 377 g/mol. The maximum atomic E-state index is 12.6. The van der Waals surface area contributed by atoms with Crippen LogP contribution < -0.4 is 0 Å². The van der Waals surface area contributed by atoms with Gasteiger partial charge in [0.25, 0.3) is 5.91 Å². The molecule has 0 bridgehead atoms. The van der Waals surface area contributed by atoms with Crippen LogP contribution >= 0.6 is 0 Å². The van der Waals surface area contributed by atoms with Crippen LogP contribution in [0.3, 0.4) is 0 Å². The second kappa shape index (κ2) is 8.13. The average molecular weight is 377 g/mol. The van der Waals surface area contributed by atoms with Gasteiger partial charge in [-0.2, -0.15) is 13.2 Å². The summed E-state index contributed by atoms with van der Waals surface area (Å²) in [6.07, 6.45) is -2.77. The molecule has 6 heteroatoms. The van der Waals surface area contributed by atoms with Gasteiger partial charge in [0.1, 0.15) is 0 Å². The molecule has 0 saturated carbocycles. The van der Waals surface area contributed by atoms with Gasteiger partial charge in [0.05, 0.1) is 18.3 Å². The molecule has 1 amide bonds. The van der Waals surface area contributed by atoms with Gasteiger partial charge in [-0.05, 0) is 49.6 Å². The summed E-state index contributed by atoms with van der Waals surface area (Å²) in [5.41, 5.74) is 1.77. The van der Waals surface area contributed by atoms with E-state index >= 15 is 0 Å². The van der Waals surface area contributed by atoms with Crippen molar-refractivity contribution in [3.8, 4) is 0 Å². The molecule has 3 rings (SSSR count). The molecule has 1 aliphatic rings. The summed E-state index contributed by atoms with van der Waals surface area (Å²) in [5, 5.41) is 0. The Morgan fingerprint density at radius 2 is 1.78 bits per heavy atom. The number of likely N-dealkylation sites (tertiary alicyclic amines) is 1. The van der Waals surface area contributed by atoms with Crippen LogP contribution in [0.1, 0.15) is 39.9 Å². The molecule has 1 saturated heterocycles. The van der Waals surface area contributed by atoms with Crippen molar-refractivity contribution in [2.75, 3.05) is 13.1 Å². The smallest absolute Gasteiger partial charge is 0.372 e. The van der Waals surface area contributed by atoms with Crippen LogP contribution in [0, 0.1) is 6.92 Å². The van der Waals surface area contributed by atoms with Crippen LogP contribution in [-0.2, 0) is 17.5 Å². The van der Waals surface area contributed by atoms with E-state index in [1.54, 1.807) is 4.90 Å². The Kier molecular flexibility index (Phi) is 5.85. The van der Waals surface area contributed by atoms with E-state index in [1.165, 1.54) is 12.1 Å². The Balaban J connectivity index is 1.55. The number of rotatable bonds is 4. The molecule has 0 spiro atoms. The highest BCUT2D eigenvalue weighted by atomic mass is 19.4. The van der Waals surface area contributed by atoms with E-state index in [1.807, 2.05) is 31.2 Å². The fourth-order valence-corrected chi connectivity index (χ4v) is 3.14. The maximum absolute atomic E-state index is 12.6. The Morgan fingerprint density at radius 3 is 2.41 bits per heavy atom. The van der Waals surface area contributed by atoms with E-state index < -0.39 is 11.7 Å². The van der Waals surface area contributed by atoms with E-state index in [-0.39, 0.29) is 18.6 Å². The molecule has 3 nitrogen and oxygen atoms in total. The Bertz CT molecular complexity index is 770. The summed E-state index contributed by atoms with van der Waals surface area (Å²) in [7, 11) is 0. The van der Waals surface area contributed by atoms with Crippen LogP contribution in [0.5, 0.6) is 0 Å². The molecule has 2 aromatic rings. The van der Waals surface area contributed by atoms with E-state index in [9.17, 15) is 18.0 Å². The fraction of sp³-hybridized carbons (Fsp3) is 0.381. The molecule has 1 aliphatic heterocycles. The third kappa shape index (κ3) is 5.10. The first-order valence-corrected chi connectivity index (χ1v) is 8.96. The van der Waals surface area contributed by atoms with Gasteiger partial charge in [0.2, 0.25) is 0 Å². The third-order valence-electron chi connectivity index (χ3n) is 4.73. The van der Waals surface area contributed by atoms with Crippen molar-refractivity contribution in [3.05, 3.63) is 70.8 Å².